The minimum absolute atomic E-state index is 0.00882. The summed E-state index contributed by atoms with van der Waals surface area (Å²) in [5, 5.41) is 11.5. The van der Waals surface area contributed by atoms with Crippen LogP contribution in [0.15, 0.2) is 24.3 Å². The predicted octanol–water partition coefficient (Wildman–Crippen LogP) is 1.61. The summed E-state index contributed by atoms with van der Waals surface area (Å²) in [7, 11) is 0. The molecule has 2 rings (SSSR count). The molecule has 1 amide bonds. The molecule has 0 aromatic heterocycles. The molecule has 4 heteroatoms. The summed E-state index contributed by atoms with van der Waals surface area (Å²) in [4.78, 5) is 11.5. The van der Waals surface area contributed by atoms with Gasteiger partial charge in [-0.15, -0.1) is 0 Å². The molecule has 4 nitrogen and oxygen atoms in total. The molecule has 0 spiro atoms. The van der Waals surface area contributed by atoms with Crippen molar-refractivity contribution in [3.63, 3.8) is 0 Å². The summed E-state index contributed by atoms with van der Waals surface area (Å²) in [6.07, 6.45) is 2.07. The molecule has 1 N–H and O–H groups in total. The van der Waals surface area contributed by atoms with Crippen molar-refractivity contribution in [1.82, 2.24) is 5.32 Å². The number of hydrogen-bond acceptors (Lipinski definition) is 3. The topological polar surface area (TPSA) is 62.1 Å². The number of benzene rings is 1. The lowest BCUT2D eigenvalue weighted by molar-refractivity contribution is -0.123. The Morgan fingerprint density at radius 2 is 2.12 bits per heavy atom. The van der Waals surface area contributed by atoms with E-state index in [1.54, 1.807) is 24.3 Å². The van der Waals surface area contributed by atoms with E-state index in [2.05, 4.69) is 5.32 Å². The molecule has 1 saturated carbocycles. The van der Waals surface area contributed by atoms with Crippen LogP contribution in [0, 0.1) is 11.3 Å². The van der Waals surface area contributed by atoms with Gasteiger partial charge in [0.25, 0.3) is 5.91 Å². The minimum Gasteiger partial charge on any atom is -0.484 e. The predicted molar refractivity (Wildman–Crippen MR) is 62.4 cm³/mol. The third-order valence-electron chi connectivity index (χ3n) is 2.79. The third-order valence-corrected chi connectivity index (χ3v) is 2.79. The van der Waals surface area contributed by atoms with Crippen molar-refractivity contribution in [2.45, 2.75) is 25.3 Å². The molecule has 0 heterocycles. The standard InChI is InChI=1S/C13H14N2O2/c1-13(6-7-13)15-12(16)9-17-11-4-2-10(8-14)3-5-11/h2-5H,6-7,9H2,1H3,(H,15,16). The van der Waals surface area contributed by atoms with Gasteiger partial charge in [0.05, 0.1) is 11.6 Å². The van der Waals surface area contributed by atoms with E-state index in [1.807, 2.05) is 13.0 Å². The third kappa shape index (κ3) is 3.22. The number of ether oxygens (including phenoxy) is 1. The first-order valence-corrected chi connectivity index (χ1v) is 5.55. The Balaban J connectivity index is 1.81. The van der Waals surface area contributed by atoms with E-state index >= 15 is 0 Å². The molecule has 0 aliphatic heterocycles. The molecule has 1 aliphatic carbocycles. The van der Waals surface area contributed by atoms with Crippen LogP contribution in [-0.2, 0) is 4.79 Å². The Hall–Kier alpha value is -2.02. The highest BCUT2D eigenvalue weighted by atomic mass is 16.5. The van der Waals surface area contributed by atoms with Crippen LogP contribution in [-0.4, -0.2) is 18.1 Å². The number of rotatable bonds is 4. The van der Waals surface area contributed by atoms with Gasteiger partial charge in [-0.05, 0) is 44.0 Å². The zero-order chi connectivity index (χ0) is 12.3. The number of nitriles is 1. The SMILES string of the molecule is CC1(NC(=O)COc2ccc(C#N)cc2)CC1. The largest absolute Gasteiger partial charge is 0.484 e. The summed E-state index contributed by atoms with van der Waals surface area (Å²) >= 11 is 0. The van der Waals surface area contributed by atoms with Crippen LogP contribution < -0.4 is 10.1 Å². The maximum atomic E-state index is 11.5. The normalized spacial score (nSPS) is 15.8. The van der Waals surface area contributed by atoms with E-state index in [1.165, 1.54) is 0 Å². The molecule has 1 aliphatic rings. The number of carbonyl (C=O) groups is 1. The van der Waals surface area contributed by atoms with E-state index in [0.29, 0.717) is 11.3 Å². The fourth-order valence-corrected chi connectivity index (χ4v) is 1.46. The van der Waals surface area contributed by atoms with Crippen LogP contribution in [0.5, 0.6) is 5.75 Å². The highest BCUT2D eigenvalue weighted by molar-refractivity contribution is 5.78. The number of nitrogens with zero attached hydrogens (tertiary/aromatic N) is 1. The van der Waals surface area contributed by atoms with Crippen molar-refractivity contribution in [1.29, 1.82) is 5.26 Å². The molecule has 1 aromatic carbocycles. The van der Waals surface area contributed by atoms with Gasteiger partial charge in [-0.1, -0.05) is 0 Å². The molecular weight excluding hydrogens is 216 g/mol. The average Bonchev–Trinajstić information content (AvgIpc) is 3.05. The second-order valence-electron chi connectivity index (χ2n) is 4.53. The maximum Gasteiger partial charge on any atom is 0.258 e. The monoisotopic (exact) mass is 230 g/mol. The smallest absolute Gasteiger partial charge is 0.258 e. The van der Waals surface area contributed by atoms with E-state index in [-0.39, 0.29) is 18.1 Å². The number of amides is 1. The van der Waals surface area contributed by atoms with E-state index in [9.17, 15) is 4.79 Å². The van der Waals surface area contributed by atoms with E-state index in [0.717, 1.165) is 12.8 Å². The van der Waals surface area contributed by atoms with Gasteiger partial charge in [0.1, 0.15) is 5.75 Å². The van der Waals surface area contributed by atoms with Gasteiger partial charge < -0.3 is 10.1 Å². The lowest BCUT2D eigenvalue weighted by Crippen LogP contribution is -2.37. The Morgan fingerprint density at radius 3 is 2.65 bits per heavy atom. The number of nitrogens with one attached hydrogen (secondary N) is 1. The Bertz CT molecular complexity index is 455. The molecule has 88 valence electrons. The summed E-state index contributed by atoms with van der Waals surface area (Å²) in [5.41, 5.74) is 0.567. The lowest BCUT2D eigenvalue weighted by atomic mass is 10.2. The van der Waals surface area contributed by atoms with Crippen molar-refractivity contribution < 1.29 is 9.53 Å². The molecule has 0 bridgehead atoms. The summed E-state index contributed by atoms with van der Waals surface area (Å²) in [5.74, 6) is 0.495. The first-order valence-electron chi connectivity index (χ1n) is 5.55. The van der Waals surface area contributed by atoms with Gasteiger partial charge >= 0.3 is 0 Å². The van der Waals surface area contributed by atoms with Crippen LogP contribution >= 0.6 is 0 Å². The summed E-state index contributed by atoms with van der Waals surface area (Å²) in [6, 6.07) is 8.72. The van der Waals surface area contributed by atoms with Crippen LogP contribution in [0.1, 0.15) is 25.3 Å². The first kappa shape index (κ1) is 11.5. The van der Waals surface area contributed by atoms with Crippen LogP contribution in [0.4, 0.5) is 0 Å². The second-order valence-corrected chi connectivity index (χ2v) is 4.53. The van der Waals surface area contributed by atoms with Gasteiger partial charge in [0.2, 0.25) is 0 Å². The number of carbonyl (C=O) groups excluding carboxylic acids is 1. The molecule has 1 aromatic rings. The van der Waals surface area contributed by atoms with E-state index < -0.39 is 0 Å². The highest BCUT2D eigenvalue weighted by Gasteiger charge is 2.38. The van der Waals surface area contributed by atoms with Crippen molar-refractivity contribution in [2.75, 3.05) is 6.61 Å². The lowest BCUT2D eigenvalue weighted by Gasteiger charge is -2.12. The fourth-order valence-electron chi connectivity index (χ4n) is 1.46. The van der Waals surface area contributed by atoms with Gasteiger partial charge in [0, 0.05) is 5.54 Å². The molecule has 0 radical (unpaired) electrons. The summed E-state index contributed by atoms with van der Waals surface area (Å²) in [6.45, 7) is 2.04. The second kappa shape index (κ2) is 4.46. The maximum absolute atomic E-state index is 11.5. The van der Waals surface area contributed by atoms with Crippen LogP contribution in [0.2, 0.25) is 0 Å². The fraction of sp³-hybridized carbons (Fsp3) is 0.385. The van der Waals surface area contributed by atoms with Gasteiger partial charge in [-0.25, -0.2) is 0 Å². The highest BCUT2D eigenvalue weighted by Crippen LogP contribution is 2.34. The Labute approximate surface area is 100 Å². The molecule has 0 atom stereocenters. The molecular formula is C13H14N2O2. The Kier molecular flexibility index (Phi) is 3.01. The number of hydrogen-bond donors (Lipinski definition) is 1. The average molecular weight is 230 g/mol. The van der Waals surface area contributed by atoms with Crippen LogP contribution in [0.25, 0.3) is 0 Å². The zero-order valence-electron chi connectivity index (χ0n) is 9.69. The van der Waals surface area contributed by atoms with Gasteiger partial charge in [-0.3, -0.25) is 4.79 Å². The first-order chi connectivity index (χ1) is 8.11. The van der Waals surface area contributed by atoms with Crippen molar-refractivity contribution in [3.05, 3.63) is 29.8 Å². The van der Waals surface area contributed by atoms with Gasteiger partial charge in [-0.2, -0.15) is 5.26 Å². The van der Waals surface area contributed by atoms with Crippen molar-refractivity contribution in [2.24, 2.45) is 0 Å². The Morgan fingerprint density at radius 1 is 1.47 bits per heavy atom. The van der Waals surface area contributed by atoms with Crippen molar-refractivity contribution in [3.8, 4) is 11.8 Å². The van der Waals surface area contributed by atoms with E-state index in [4.69, 9.17) is 10.00 Å². The van der Waals surface area contributed by atoms with Crippen molar-refractivity contribution >= 4 is 5.91 Å². The molecule has 1 fully saturated rings. The summed E-state index contributed by atoms with van der Waals surface area (Å²) < 4.78 is 5.32. The molecule has 0 saturated heterocycles. The van der Waals surface area contributed by atoms with Gasteiger partial charge in [0.15, 0.2) is 6.61 Å². The molecule has 0 unspecified atom stereocenters. The quantitative estimate of drug-likeness (QED) is 0.854. The van der Waals surface area contributed by atoms with Crippen LogP contribution in [0.3, 0.4) is 0 Å². The zero-order valence-corrected chi connectivity index (χ0v) is 9.69. The molecule has 17 heavy (non-hydrogen) atoms. The minimum atomic E-state index is -0.102.